The van der Waals surface area contributed by atoms with Crippen molar-refractivity contribution in [1.29, 1.82) is 0 Å². The molecule has 0 fully saturated rings. The number of halogens is 1. The molecule has 0 spiro atoms. The normalized spacial score (nSPS) is 10.7. The number of nitrogens with two attached hydrogens (primary N) is 3. The van der Waals surface area contributed by atoms with E-state index in [4.69, 9.17) is 17.2 Å². The lowest BCUT2D eigenvalue weighted by Crippen LogP contribution is -2.32. The van der Waals surface area contributed by atoms with Gasteiger partial charge in [-0.25, -0.2) is 4.79 Å². The van der Waals surface area contributed by atoms with Crippen molar-refractivity contribution >= 4 is 11.9 Å². The molecule has 8 N–H and O–H groups in total. The zero-order valence-electron chi connectivity index (χ0n) is 11.7. The third-order valence-electron chi connectivity index (χ3n) is 1.97. The van der Waals surface area contributed by atoms with Gasteiger partial charge in [-0.2, -0.15) is 4.39 Å². The molecule has 0 saturated heterocycles. The summed E-state index contributed by atoms with van der Waals surface area (Å²) in [7, 11) is 1.26. The van der Waals surface area contributed by atoms with E-state index in [1.165, 1.54) is 7.11 Å². The minimum atomic E-state index is -1.00. The van der Waals surface area contributed by atoms with E-state index in [1.807, 2.05) is 4.98 Å². The second kappa shape index (κ2) is 9.93. The van der Waals surface area contributed by atoms with E-state index < -0.39 is 29.1 Å². The molecule has 22 heavy (non-hydrogen) atoms. The summed E-state index contributed by atoms with van der Waals surface area (Å²) in [6.45, 7) is 0.161. The molecule has 1 aromatic heterocycles. The van der Waals surface area contributed by atoms with E-state index in [9.17, 15) is 18.8 Å². The molecule has 1 atom stereocenters. The highest BCUT2D eigenvalue weighted by Crippen LogP contribution is 1.92. The average molecular weight is 320 g/mol. The number of carbonyl (C=O) groups is 1. The molecule has 0 aliphatic rings. The number of methoxy groups -OCH3 is 1. The van der Waals surface area contributed by atoms with Crippen LogP contribution in [0.3, 0.4) is 0 Å². The van der Waals surface area contributed by atoms with Gasteiger partial charge in [0.2, 0.25) is 11.8 Å². The molecule has 0 amide bonds. The van der Waals surface area contributed by atoms with Crippen molar-refractivity contribution in [3.8, 4) is 0 Å². The van der Waals surface area contributed by atoms with Crippen LogP contribution < -0.4 is 28.5 Å². The van der Waals surface area contributed by atoms with Crippen LogP contribution in [0.2, 0.25) is 0 Å². The maximum atomic E-state index is 12.0. The largest absolute Gasteiger partial charge is 0.468 e. The van der Waals surface area contributed by atoms with Gasteiger partial charge in [0.1, 0.15) is 12.6 Å². The topological polar surface area (TPSA) is 192 Å². The second-order valence-corrected chi connectivity index (χ2v) is 3.69. The Balaban J connectivity index is 0.000000425. The molecule has 1 rings (SSSR count). The Morgan fingerprint density at radius 3 is 2.55 bits per heavy atom. The van der Waals surface area contributed by atoms with E-state index in [0.717, 1.165) is 0 Å². The zero-order chi connectivity index (χ0) is 17.1. The molecular formula is C10H17FN6O5. The van der Waals surface area contributed by atoms with Crippen molar-refractivity contribution in [3.63, 3.8) is 0 Å². The van der Waals surface area contributed by atoms with Crippen LogP contribution in [0, 0.1) is 5.82 Å². The third kappa shape index (κ3) is 8.31. The lowest BCUT2D eigenvalue weighted by molar-refractivity contribution is -0.142. The van der Waals surface area contributed by atoms with Crippen LogP contribution in [0.25, 0.3) is 0 Å². The van der Waals surface area contributed by atoms with E-state index in [-0.39, 0.29) is 12.6 Å². The molecular weight excluding hydrogens is 303 g/mol. The summed E-state index contributed by atoms with van der Waals surface area (Å²) in [5.74, 6) is -1.66. The smallest absolute Gasteiger partial charge is 0.325 e. The molecule has 12 heteroatoms. The first kappa shape index (κ1) is 19.1. The van der Waals surface area contributed by atoms with Crippen LogP contribution >= 0.6 is 0 Å². The number of esters is 1. The molecule has 1 aromatic rings. The average Bonchev–Trinajstić information content (AvgIpc) is 2.47. The van der Waals surface area contributed by atoms with Gasteiger partial charge in [-0.1, -0.05) is 0 Å². The Hall–Kier alpha value is -2.89. The van der Waals surface area contributed by atoms with Crippen molar-refractivity contribution in [2.24, 2.45) is 22.4 Å². The monoisotopic (exact) mass is 320 g/mol. The number of carbonyl (C=O) groups excluding carboxylic acids is 1. The fourth-order valence-corrected chi connectivity index (χ4v) is 0.962. The Kier molecular flexibility index (Phi) is 8.62. The summed E-state index contributed by atoms with van der Waals surface area (Å²) in [5.41, 5.74) is 13.6. The summed E-state index contributed by atoms with van der Waals surface area (Å²) in [4.78, 5) is 39.4. The SMILES string of the molecule is COC(=O)[C@@H](N)CCON=C(N)N.O=c1[nH]cc(F)c(=O)[nH]1. The highest BCUT2D eigenvalue weighted by Gasteiger charge is 2.12. The van der Waals surface area contributed by atoms with Gasteiger partial charge < -0.3 is 31.8 Å². The molecule has 124 valence electrons. The maximum Gasteiger partial charge on any atom is 0.325 e. The number of guanidine groups is 1. The van der Waals surface area contributed by atoms with Crippen LogP contribution in [0.15, 0.2) is 20.9 Å². The highest BCUT2D eigenvalue weighted by molar-refractivity contribution is 5.75. The Labute approximate surface area is 123 Å². The van der Waals surface area contributed by atoms with Crippen molar-refractivity contribution in [1.82, 2.24) is 9.97 Å². The summed E-state index contributed by atoms with van der Waals surface area (Å²) >= 11 is 0. The minimum Gasteiger partial charge on any atom is -0.468 e. The number of hydrogen-bond donors (Lipinski definition) is 5. The highest BCUT2D eigenvalue weighted by atomic mass is 19.1. The first-order chi connectivity index (χ1) is 10.3. The van der Waals surface area contributed by atoms with Crippen LogP contribution in [-0.2, 0) is 14.4 Å². The van der Waals surface area contributed by atoms with Gasteiger partial charge in [-0.15, -0.1) is 0 Å². The first-order valence-corrected chi connectivity index (χ1v) is 5.79. The third-order valence-corrected chi connectivity index (χ3v) is 1.97. The molecule has 0 bridgehead atoms. The van der Waals surface area contributed by atoms with Gasteiger partial charge in [-0.3, -0.25) is 14.6 Å². The van der Waals surface area contributed by atoms with Gasteiger partial charge in [0.05, 0.1) is 7.11 Å². The van der Waals surface area contributed by atoms with E-state index in [2.05, 4.69) is 14.7 Å². The number of H-pyrrole nitrogens is 2. The van der Waals surface area contributed by atoms with Crippen molar-refractivity contribution < 1.29 is 18.8 Å². The molecule has 0 unspecified atom stereocenters. The number of rotatable bonds is 5. The number of aromatic amines is 2. The molecule has 0 aromatic carbocycles. The summed E-state index contributed by atoms with van der Waals surface area (Å²) in [6.07, 6.45) is 1.00. The fraction of sp³-hybridized carbons (Fsp3) is 0.400. The maximum absolute atomic E-state index is 12.0. The Morgan fingerprint density at radius 1 is 1.45 bits per heavy atom. The number of oxime groups is 1. The molecule has 11 nitrogen and oxygen atoms in total. The number of aromatic nitrogens is 2. The summed E-state index contributed by atoms with van der Waals surface area (Å²) < 4.78 is 16.4. The fourth-order valence-electron chi connectivity index (χ4n) is 0.962. The van der Waals surface area contributed by atoms with Crippen molar-refractivity contribution in [3.05, 3.63) is 32.9 Å². The van der Waals surface area contributed by atoms with E-state index in [1.54, 1.807) is 4.98 Å². The van der Waals surface area contributed by atoms with E-state index in [0.29, 0.717) is 12.6 Å². The predicted molar refractivity (Wildman–Crippen MR) is 74.0 cm³/mol. The van der Waals surface area contributed by atoms with Crippen molar-refractivity contribution in [2.75, 3.05) is 13.7 Å². The molecule has 1 heterocycles. The van der Waals surface area contributed by atoms with Gasteiger partial charge in [0.25, 0.3) is 5.56 Å². The number of hydrogen-bond acceptors (Lipinski definition) is 7. The van der Waals surface area contributed by atoms with Gasteiger partial charge in [0, 0.05) is 12.6 Å². The van der Waals surface area contributed by atoms with E-state index >= 15 is 0 Å². The van der Waals surface area contributed by atoms with Gasteiger partial charge >= 0.3 is 11.7 Å². The molecule has 0 radical (unpaired) electrons. The van der Waals surface area contributed by atoms with Gasteiger partial charge in [0.15, 0.2) is 0 Å². The van der Waals surface area contributed by atoms with Crippen LogP contribution in [0.1, 0.15) is 6.42 Å². The number of ether oxygens (including phenoxy) is 1. The lowest BCUT2D eigenvalue weighted by atomic mass is 10.2. The van der Waals surface area contributed by atoms with Crippen LogP contribution in [0.5, 0.6) is 0 Å². The first-order valence-electron chi connectivity index (χ1n) is 5.79. The van der Waals surface area contributed by atoms with Crippen LogP contribution in [-0.4, -0.2) is 41.7 Å². The zero-order valence-corrected chi connectivity index (χ0v) is 11.7. The second-order valence-electron chi connectivity index (χ2n) is 3.69. The molecule has 0 saturated carbocycles. The number of nitrogens with zero attached hydrogens (tertiary/aromatic N) is 1. The number of nitrogens with one attached hydrogen (secondary N) is 2. The predicted octanol–water partition coefficient (Wildman–Crippen LogP) is -2.72. The molecule has 0 aliphatic heterocycles. The van der Waals surface area contributed by atoms with Crippen molar-refractivity contribution in [2.45, 2.75) is 12.5 Å². The van der Waals surface area contributed by atoms with Gasteiger partial charge in [-0.05, 0) is 5.16 Å². The summed E-state index contributed by atoms with van der Waals surface area (Å²) in [5, 5.41) is 3.25. The molecule has 0 aliphatic carbocycles. The Morgan fingerprint density at radius 2 is 2.09 bits per heavy atom. The van der Waals surface area contributed by atoms with Crippen LogP contribution in [0.4, 0.5) is 4.39 Å². The summed E-state index contributed by atoms with van der Waals surface area (Å²) in [6, 6.07) is -0.709. The minimum absolute atomic E-state index is 0.161. The standard InChI is InChI=1S/C6H14N4O3.C4H3FN2O2/c1-12-5(11)4(7)2-3-13-10-6(8)9;5-2-1-6-4(9)7-3(2)8/h4H,2-3,7H2,1H3,(H4,8,9,10);1H,(H2,6,7,8,9)/t4-;/m0./s1. The lowest BCUT2D eigenvalue weighted by Gasteiger charge is -2.07. The Bertz CT molecular complexity index is 608. The quantitative estimate of drug-likeness (QED) is 0.127.